The van der Waals surface area contributed by atoms with E-state index in [2.05, 4.69) is 19.9 Å². The van der Waals surface area contributed by atoms with E-state index in [1.807, 2.05) is 37.3 Å². The van der Waals surface area contributed by atoms with Crippen molar-refractivity contribution in [3.05, 3.63) is 66.7 Å². The van der Waals surface area contributed by atoms with E-state index in [-0.39, 0.29) is 13.2 Å². The largest absolute Gasteiger partial charge is 0.491 e. The molecule has 0 atom stereocenters. The second-order valence-corrected chi connectivity index (χ2v) is 6.03. The van der Waals surface area contributed by atoms with Crippen molar-refractivity contribution in [2.45, 2.75) is 6.92 Å². The number of aromatic nitrogens is 4. The summed E-state index contributed by atoms with van der Waals surface area (Å²) in [6, 6.07) is 12.8. The summed E-state index contributed by atoms with van der Waals surface area (Å²) in [6.07, 6.45) is 5.03. The number of benzene rings is 1. The van der Waals surface area contributed by atoms with Crippen LogP contribution in [0.5, 0.6) is 17.2 Å². The third-order valence-electron chi connectivity index (χ3n) is 4.03. The van der Waals surface area contributed by atoms with Crippen molar-refractivity contribution < 1.29 is 14.6 Å². The Hall–Kier alpha value is -3.58. The summed E-state index contributed by atoms with van der Waals surface area (Å²) in [5, 5.41) is 9.76. The molecule has 0 aliphatic rings. The fraction of sp³-hybridized carbons (Fsp3) is 0.143. The first kappa shape index (κ1) is 17.8. The van der Waals surface area contributed by atoms with Crippen LogP contribution in [0.3, 0.4) is 0 Å². The lowest BCUT2D eigenvalue weighted by Gasteiger charge is -2.13. The highest BCUT2D eigenvalue weighted by atomic mass is 16.5. The monoisotopic (exact) mass is 374 g/mol. The van der Waals surface area contributed by atoms with E-state index in [9.17, 15) is 0 Å². The number of hydrogen-bond acceptors (Lipinski definition) is 7. The summed E-state index contributed by atoms with van der Waals surface area (Å²) in [6.45, 7) is 2.08. The maximum absolute atomic E-state index is 8.97. The minimum absolute atomic E-state index is 0.0517. The number of rotatable bonds is 6. The van der Waals surface area contributed by atoms with Gasteiger partial charge < -0.3 is 14.6 Å². The van der Waals surface area contributed by atoms with Gasteiger partial charge in [0.2, 0.25) is 0 Å². The molecule has 0 saturated carbocycles. The van der Waals surface area contributed by atoms with Crippen LogP contribution in [0.4, 0.5) is 0 Å². The number of aliphatic hydroxyl groups excluding tert-OH is 1. The lowest BCUT2D eigenvalue weighted by Crippen LogP contribution is -2.01. The zero-order chi connectivity index (χ0) is 19.3. The van der Waals surface area contributed by atoms with Crippen LogP contribution in [0, 0.1) is 6.92 Å². The van der Waals surface area contributed by atoms with Crippen LogP contribution in [0.2, 0.25) is 0 Å². The van der Waals surface area contributed by atoms with Crippen LogP contribution in [0.15, 0.2) is 61.1 Å². The van der Waals surface area contributed by atoms with Gasteiger partial charge in [0.25, 0.3) is 0 Å². The summed E-state index contributed by atoms with van der Waals surface area (Å²) in [7, 11) is 0. The lowest BCUT2D eigenvalue weighted by molar-refractivity contribution is 0.201. The summed E-state index contributed by atoms with van der Waals surface area (Å²) in [5.74, 6) is 2.29. The summed E-state index contributed by atoms with van der Waals surface area (Å²) < 4.78 is 11.7. The Morgan fingerprint density at radius 1 is 0.929 bits per heavy atom. The molecule has 1 aromatic carbocycles. The van der Waals surface area contributed by atoms with Gasteiger partial charge in [0.05, 0.1) is 12.1 Å². The highest BCUT2D eigenvalue weighted by Crippen LogP contribution is 2.34. The second kappa shape index (κ2) is 7.98. The molecule has 0 bridgehead atoms. The lowest BCUT2D eigenvalue weighted by atomic mass is 10.2. The van der Waals surface area contributed by atoms with E-state index < -0.39 is 0 Å². The Labute approximate surface area is 161 Å². The molecule has 0 unspecified atom stereocenters. The molecule has 140 valence electrons. The second-order valence-electron chi connectivity index (χ2n) is 6.03. The van der Waals surface area contributed by atoms with Crippen molar-refractivity contribution in [2.75, 3.05) is 13.2 Å². The van der Waals surface area contributed by atoms with Crippen molar-refractivity contribution in [2.24, 2.45) is 0 Å². The number of ether oxygens (including phenoxy) is 2. The predicted octanol–water partition coefficient (Wildman–Crippen LogP) is 3.56. The molecule has 4 rings (SSSR count). The Bertz CT molecular complexity index is 1100. The molecule has 0 spiro atoms. The van der Waals surface area contributed by atoms with Crippen LogP contribution >= 0.6 is 0 Å². The Kier molecular flexibility index (Phi) is 5.07. The van der Waals surface area contributed by atoms with Crippen molar-refractivity contribution >= 4 is 10.9 Å². The zero-order valence-corrected chi connectivity index (χ0v) is 15.2. The normalized spacial score (nSPS) is 10.8. The quantitative estimate of drug-likeness (QED) is 0.552. The topological polar surface area (TPSA) is 90.2 Å². The van der Waals surface area contributed by atoms with Gasteiger partial charge in [0.15, 0.2) is 17.3 Å². The number of fused-ring (bicyclic) bond motifs is 1. The number of hydrogen-bond donors (Lipinski definition) is 1. The van der Waals surface area contributed by atoms with E-state index in [0.29, 0.717) is 28.8 Å². The Morgan fingerprint density at radius 3 is 2.61 bits per heavy atom. The number of aliphatic hydroxyl groups is 1. The molecular formula is C21H18N4O3. The maximum Gasteiger partial charge on any atom is 0.181 e. The minimum Gasteiger partial charge on any atom is -0.491 e. The fourth-order valence-electron chi connectivity index (χ4n) is 2.77. The number of aryl methyl sites for hydroxylation is 1. The standard InChI is InChI=1S/C21H18N4O3/c1-14-3-6-19(20(25-14)21-23-8-2-9-24-21)28-18-7-10-22-17-5-4-15(13-16(17)18)27-12-11-26/h2-10,13,26H,11-12H2,1H3. The van der Waals surface area contributed by atoms with E-state index in [1.165, 1.54) is 0 Å². The highest BCUT2D eigenvalue weighted by Gasteiger charge is 2.14. The van der Waals surface area contributed by atoms with Gasteiger partial charge in [-0.3, -0.25) is 4.98 Å². The molecule has 3 heterocycles. The number of pyridine rings is 2. The SMILES string of the molecule is Cc1ccc(Oc2ccnc3ccc(OCCO)cc23)c(-c2ncccn2)n1. The minimum atomic E-state index is -0.0517. The molecule has 3 aromatic heterocycles. The van der Waals surface area contributed by atoms with Gasteiger partial charge >= 0.3 is 0 Å². The first-order chi connectivity index (χ1) is 13.7. The van der Waals surface area contributed by atoms with E-state index in [1.54, 1.807) is 30.7 Å². The molecule has 0 aliphatic heterocycles. The van der Waals surface area contributed by atoms with Gasteiger partial charge in [0.1, 0.15) is 18.1 Å². The van der Waals surface area contributed by atoms with Gasteiger partial charge in [-0.25, -0.2) is 15.0 Å². The van der Waals surface area contributed by atoms with Gasteiger partial charge in [-0.15, -0.1) is 0 Å². The molecule has 28 heavy (non-hydrogen) atoms. The third kappa shape index (κ3) is 3.74. The summed E-state index contributed by atoms with van der Waals surface area (Å²) >= 11 is 0. The molecule has 7 nitrogen and oxygen atoms in total. The van der Waals surface area contributed by atoms with Crippen molar-refractivity contribution in [3.8, 4) is 28.8 Å². The summed E-state index contributed by atoms with van der Waals surface area (Å²) in [4.78, 5) is 17.5. The molecule has 0 aliphatic carbocycles. The van der Waals surface area contributed by atoms with E-state index in [0.717, 1.165) is 16.6 Å². The van der Waals surface area contributed by atoms with Crippen molar-refractivity contribution in [1.29, 1.82) is 0 Å². The van der Waals surface area contributed by atoms with Gasteiger partial charge in [0, 0.05) is 29.7 Å². The number of nitrogens with zero attached hydrogens (tertiary/aromatic N) is 4. The molecule has 0 amide bonds. The molecular weight excluding hydrogens is 356 g/mol. The maximum atomic E-state index is 8.97. The zero-order valence-electron chi connectivity index (χ0n) is 15.2. The average Bonchev–Trinajstić information content (AvgIpc) is 2.74. The first-order valence-corrected chi connectivity index (χ1v) is 8.80. The fourth-order valence-corrected chi connectivity index (χ4v) is 2.77. The Balaban J connectivity index is 1.76. The molecule has 7 heteroatoms. The van der Waals surface area contributed by atoms with Crippen LogP contribution in [0.25, 0.3) is 22.4 Å². The Morgan fingerprint density at radius 2 is 1.79 bits per heavy atom. The third-order valence-corrected chi connectivity index (χ3v) is 4.03. The molecule has 0 radical (unpaired) electrons. The van der Waals surface area contributed by atoms with Crippen LogP contribution < -0.4 is 9.47 Å². The molecule has 1 N–H and O–H groups in total. The van der Waals surface area contributed by atoms with Crippen LogP contribution in [-0.4, -0.2) is 38.3 Å². The predicted molar refractivity (Wildman–Crippen MR) is 104 cm³/mol. The van der Waals surface area contributed by atoms with Crippen LogP contribution in [0.1, 0.15) is 5.69 Å². The van der Waals surface area contributed by atoms with Crippen molar-refractivity contribution in [1.82, 2.24) is 19.9 Å². The smallest absolute Gasteiger partial charge is 0.181 e. The molecule has 4 aromatic rings. The summed E-state index contributed by atoms with van der Waals surface area (Å²) in [5.41, 5.74) is 2.18. The van der Waals surface area contributed by atoms with E-state index >= 15 is 0 Å². The molecule has 0 fully saturated rings. The average molecular weight is 374 g/mol. The van der Waals surface area contributed by atoms with E-state index in [4.69, 9.17) is 14.6 Å². The van der Waals surface area contributed by atoms with Crippen molar-refractivity contribution in [3.63, 3.8) is 0 Å². The molecule has 0 saturated heterocycles. The first-order valence-electron chi connectivity index (χ1n) is 8.80. The van der Waals surface area contributed by atoms with Crippen LogP contribution in [-0.2, 0) is 0 Å². The van der Waals surface area contributed by atoms with Gasteiger partial charge in [-0.05, 0) is 49.4 Å². The van der Waals surface area contributed by atoms with Gasteiger partial charge in [-0.1, -0.05) is 0 Å². The highest BCUT2D eigenvalue weighted by molar-refractivity contribution is 5.86. The van der Waals surface area contributed by atoms with Gasteiger partial charge in [-0.2, -0.15) is 0 Å².